The van der Waals surface area contributed by atoms with Gasteiger partial charge >= 0.3 is 0 Å². The maximum atomic E-state index is 5.85. The number of nitrogens with zero attached hydrogens (tertiary/aromatic N) is 1. The third-order valence-electron chi connectivity index (χ3n) is 2.05. The highest BCUT2D eigenvalue weighted by Crippen LogP contribution is 2.00. The van der Waals surface area contributed by atoms with Crippen molar-refractivity contribution >= 4 is 0 Å². The molecule has 1 rings (SSSR count). The summed E-state index contributed by atoms with van der Waals surface area (Å²) in [6, 6.07) is 2.17. The van der Waals surface area contributed by atoms with Crippen LogP contribution in [0.3, 0.4) is 0 Å². The van der Waals surface area contributed by atoms with Gasteiger partial charge in [0.2, 0.25) is 0 Å². The fourth-order valence-electron chi connectivity index (χ4n) is 1.36. The standard InChI is InChI=1S/C10H19N3O/c1-3-4-9(11)6-12-7-10-5-8(2)14-13-10/h5,9,12H,3-4,6-7,11H2,1-2H3. The first-order valence-corrected chi connectivity index (χ1v) is 5.11. The van der Waals surface area contributed by atoms with E-state index in [9.17, 15) is 0 Å². The summed E-state index contributed by atoms with van der Waals surface area (Å²) in [6.45, 7) is 5.59. The van der Waals surface area contributed by atoms with Crippen LogP contribution in [0.1, 0.15) is 31.2 Å². The first kappa shape index (κ1) is 11.2. The Morgan fingerprint density at radius 1 is 1.64 bits per heavy atom. The van der Waals surface area contributed by atoms with Gasteiger partial charge < -0.3 is 15.6 Å². The molecule has 0 aliphatic heterocycles. The summed E-state index contributed by atoms with van der Waals surface area (Å²) in [5, 5.41) is 7.13. The molecule has 0 bridgehead atoms. The van der Waals surface area contributed by atoms with Crippen LogP contribution in [-0.4, -0.2) is 17.7 Å². The summed E-state index contributed by atoms with van der Waals surface area (Å²) < 4.78 is 4.95. The van der Waals surface area contributed by atoms with E-state index in [2.05, 4.69) is 17.4 Å². The monoisotopic (exact) mass is 197 g/mol. The topological polar surface area (TPSA) is 64.1 Å². The van der Waals surface area contributed by atoms with Crippen molar-refractivity contribution < 1.29 is 4.52 Å². The Morgan fingerprint density at radius 3 is 3.00 bits per heavy atom. The number of aromatic nitrogens is 1. The predicted octanol–water partition coefficient (Wildman–Crippen LogP) is 1.20. The van der Waals surface area contributed by atoms with Crippen LogP contribution in [0.4, 0.5) is 0 Å². The molecule has 0 aliphatic rings. The summed E-state index contributed by atoms with van der Waals surface area (Å²) >= 11 is 0. The van der Waals surface area contributed by atoms with Gasteiger partial charge in [-0.2, -0.15) is 0 Å². The maximum Gasteiger partial charge on any atom is 0.133 e. The lowest BCUT2D eigenvalue weighted by atomic mass is 10.2. The molecule has 4 heteroatoms. The van der Waals surface area contributed by atoms with Gasteiger partial charge in [0.15, 0.2) is 0 Å². The van der Waals surface area contributed by atoms with E-state index >= 15 is 0 Å². The molecular formula is C10H19N3O. The zero-order valence-electron chi connectivity index (χ0n) is 8.92. The van der Waals surface area contributed by atoms with E-state index < -0.39 is 0 Å². The van der Waals surface area contributed by atoms with Gasteiger partial charge in [-0.15, -0.1) is 0 Å². The first-order chi connectivity index (χ1) is 6.72. The lowest BCUT2D eigenvalue weighted by Crippen LogP contribution is -2.33. The predicted molar refractivity (Wildman–Crippen MR) is 55.8 cm³/mol. The highest BCUT2D eigenvalue weighted by molar-refractivity contribution is 5.02. The Morgan fingerprint density at radius 2 is 2.43 bits per heavy atom. The second-order valence-corrected chi connectivity index (χ2v) is 3.61. The first-order valence-electron chi connectivity index (χ1n) is 5.11. The zero-order chi connectivity index (χ0) is 10.4. The SMILES string of the molecule is CCCC(N)CNCc1cc(C)on1. The van der Waals surface area contributed by atoms with Crippen LogP contribution in [0.15, 0.2) is 10.6 Å². The Balaban J connectivity index is 2.15. The van der Waals surface area contributed by atoms with Crippen LogP contribution >= 0.6 is 0 Å². The van der Waals surface area contributed by atoms with Crippen LogP contribution in [-0.2, 0) is 6.54 Å². The number of aryl methyl sites for hydroxylation is 1. The summed E-state index contributed by atoms with van der Waals surface area (Å²) in [5.74, 6) is 0.847. The molecule has 80 valence electrons. The summed E-state index contributed by atoms with van der Waals surface area (Å²) in [6.07, 6.45) is 2.19. The van der Waals surface area contributed by atoms with Crippen LogP contribution in [0.5, 0.6) is 0 Å². The minimum Gasteiger partial charge on any atom is -0.361 e. The molecule has 0 spiro atoms. The quantitative estimate of drug-likeness (QED) is 0.719. The largest absolute Gasteiger partial charge is 0.361 e. The van der Waals surface area contributed by atoms with Crippen molar-refractivity contribution in [3.8, 4) is 0 Å². The average Bonchev–Trinajstić information content (AvgIpc) is 2.52. The van der Waals surface area contributed by atoms with E-state index in [1.807, 2.05) is 13.0 Å². The summed E-state index contributed by atoms with van der Waals surface area (Å²) in [4.78, 5) is 0. The second-order valence-electron chi connectivity index (χ2n) is 3.61. The van der Waals surface area contributed by atoms with Gasteiger partial charge in [0.25, 0.3) is 0 Å². The fourth-order valence-corrected chi connectivity index (χ4v) is 1.36. The molecule has 1 atom stereocenters. The summed E-state index contributed by atoms with van der Waals surface area (Å²) in [7, 11) is 0. The minimum absolute atomic E-state index is 0.244. The maximum absolute atomic E-state index is 5.85. The minimum atomic E-state index is 0.244. The van der Waals surface area contributed by atoms with Gasteiger partial charge in [-0.1, -0.05) is 18.5 Å². The molecule has 3 N–H and O–H groups in total. The number of nitrogens with one attached hydrogen (secondary N) is 1. The number of hydrogen-bond acceptors (Lipinski definition) is 4. The molecule has 0 saturated carbocycles. The van der Waals surface area contributed by atoms with E-state index in [-0.39, 0.29) is 6.04 Å². The number of rotatable bonds is 6. The molecule has 1 aromatic heterocycles. The smallest absolute Gasteiger partial charge is 0.133 e. The van der Waals surface area contributed by atoms with Crippen molar-refractivity contribution in [2.75, 3.05) is 6.54 Å². The third-order valence-corrected chi connectivity index (χ3v) is 2.05. The van der Waals surface area contributed by atoms with Crippen molar-refractivity contribution in [1.29, 1.82) is 0 Å². The Labute approximate surface area is 84.8 Å². The van der Waals surface area contributed by atoms with Crippen molar-refractivity contribution in [2.24, 2.45) is 5.73 Å². The molecule has 1 heterocycles. The van der Waals surface area contributed by atoms with E-state index in [0.29, 0.717) is 0 Å². The molecule has 14 heavy (non-hydrogen) atoms. The molecule has 0 fully saturated rings. The molecule has 0 radical (unpaired) electrons. The van der Waals surface area contributed by atoms with Gasteiger partial charge in [-0.3, -0.25) is 0 Å². The highest BCUT2D eigenvalue weighted by Gasteiger charge is 2.02. The van der Waals surface area contributed by atoms with Gasteiger partial charge in [0.05, 0.1) is 5.69 Å². The van der Waals surface area contributed by atoms with Gasteiger partial charge in [-0.05, 0) is 13.3 Å². The molecule has 0 saturated heterocycles. The van der Waals surface area contributed by atoms with Gasteiger partial charge in [0, 0.05) is 25.2 Å². The number of hydrogen-bond donors (Lipinski definition) is 2. The van der Waals surface area contributed by atoms with Crippen molar-refractivity contribution in [3.05, 3.63) is 17.5 Å². The number of nitrogens with two attached hydrogens (primary N) is 1. The van der Waals surface area contributed by atoms with Crippen molar-refractivity contribution in [1.82, 2.24) is 10.5 Å². The third kappa shape index (κ3) is 3.89. The van der Waals surface area contributed by atoms with Crippen molar-refractivity contribution in [3.63, 3.8) is 0 Å². The molecule has 1 unspecified atom stereocenters. The zero-order valence-corrected chi connectivity index (χ0v) is 8.92. The molecule has 0 aromatic carbocycles. The van der Waals surface area contributed by atoms with Gasteiger partial charge in [-0.25, -0.2) is 0 Å². The van der Waals surface area contributed by atoms with Crippen LogP contribution in [0.2, 0.25) is 0 Å². The van der Waals surface area contributed by atoms with E-state index in [1.54, 1.807) is 0 Å². The molecule has 0 aliphatic carbocycles. The Kier molecular flexibility index (Phi) is 4.62. The summed E-state index contributed by atoms with van der Waals surface area (Å²) in [5.41, 5.74) is 6.78. The normalized spacial score (nSPS) is 13.1. The lowest BCUT2D eigenvalue weighted by molar-refractivity contribution is 0.387. The second kappa shape index (κ2) is 5.78. The molecular weight excluding hydrogens is 178 g/mol. The Bertz CT molecular complexity index is 260. The van der Waals surface area contributed by atoms with Crippen molar-refractivity contribution in [2.45, 2.75) is 39.3 Å². The lowest BCUT2D eigenvalue weighted by Gasteiger charge is -2.09. The van der Waals surface area contributed by atoms with Crippen LogP contribution in [0, 0.1) is 6.92 Å². The van der Waals surface area contributed by atoms with E-state index in [4.69, 9.17) is 10.3 Å². The Hall–Kier alpha value is -0.870. The van der Waals surface area contributed by atoms with E-state index in [0.717, 1.165) is 37.4 Å². The van der Waals surface area contributed by atoms with Crippen LogP contribution in [0.25, 0.3) is 0 Å². The molecule has 0 amide bonds. The van der Waals surface area contributed by atoms with E-state index in [1.165, 1.54) is 0 Å². The fraction of sp³-hybridized carbons (Fsp3) is 0.700. The molecule has 1 aromatic rings. The van der Waals surface area contributed by atoms with Crippen LogP contribution < -0.4 is 11.1 Å². The molecule has 4 nitrogen and oxygen atoms in total. The van der Waals surface area contributed by atoms with Gasteiger partial charge in [0.1, 0.15) is 5.76 Å². The highest BCUT2D eigenvalue weighted by atomic mass is 16.5. The average molecular weight is 197 g/mol.